The minimum Gasteiger partial charge on any atom is -0.380 e. The molecule has 0 aliphatic rings. The highest BCUT2D eigenvalue weighted by atomic mass is 127. The Balaban J connectivity index is 2.73. The lowest BCUT2D eigenvalue weighted by molar-refractivity contribution is 0.149. The number of halogens is 1. The van der Waals surface area contributed by atoms with E-state index in [1.54, 1.807) is 0 Å². The molecule has 0 aliphatic heterocycles. The van der Waals surface area contributed by atoms with Crippen molar-refractivity contribution in [3.63, 3.8) is 0 Å². The van der Waals surface area contributed by atoms with Gasteiger partial charge in [-0.1, -0.05) is 29.0 Å². The fourth-order valence-electron chi connectivity index (χ4n) is 0.935. The average Bonchev–Trinajstić information content (AvgIpc) is 2.10. The van der Waals surface area contributed by atoms with Crippen molar-refractivity contribution in [1.82, 2.24) is 5.32 Å². The van der Waals surface area contributed by atoms with Gasteiger partial charge in [-0.2, -0.15) is 0 Å². The molecule has 74 valence electrons. The molecular formula is C9H20INO. The summed E-state index contributed by atoms with van der Waals surface area (Å²) < 4.78 is 6.49. The molecule has 1 N–H and O–H groups in total. The molecule has 0 aromatic heterocycles. The van der Waals surface area contributed by atoms with Gasteiger partial charge < -0.3 is 10.1 Å². The van der Waals surface area contributed by atoms with Crippen LogP contribution in [0.1, 0.15) is 26.2 Å². The Kier molecular flexibility index (Phi) is 12.3. The number of hydrogen-bond donors (Lipinski definition) is 1. The van der Waals surface area contributed by atoms with Crippen LogP contribution in [0.5, 0.6) is 0 Å². The van der Waals surface area contributed by atoms with Crippen LogP contribution in [0, 0.1) is 0 Å². The Labute approximate surface area is 89.6 Å². The van der Waals surface area contributed by atoms with Gasteiger partial charge in [-0.15, -0.1) is 0 Å². The van der Waals surface area contributed by atoms with Crippen molar-refractivity contribution in [2.45, 2.75) is 26.2 Å². The van der Waals surface area contributed by atoms with E-state index in [9.17, 15) is 0 Å². The normalized spacial score (nSPS) is 10.5. The maximum Gasteiger partial charge on any atom is 0.0590 e. The van der Waals surface area contributed by atoms with Crippen molar-refractivity contribution in [1.29, 1.82) is 0 Å². The van der Waals surface area contributed by atoms with E-state index in [1.807, 2.05) is 6.92 Å². The summed E-state index contributed by atoms with van der Waals surface area (Å²) in [5.41, 5.74) is 0. The Morgan fingerprint density at radius 2 is 2.00 bits per heavy atom. The second kappa shape index (κ2) is 11.6. The Hall–Kier alpha value is 0.650. The Morgan fingerprint density at radius 3 is 2.67 bits per heavy atom. The molecule has 0 atom stereocenters. The van der Waals surface area contributed by atoms with E-state index in [2.05, 4.69) is 27.9 Å². The summed E-state index contributed by atoms with van der Waals surface area (Å²) in [6.07, 6.45) is 4.01. The van der Waals surface area contributed by atoms with Crippen molar-refractivity contribution < 1.29 is 4.74 Å². The van der Waals surface area contributed by atoms with Crippen LogP contribution < -0.4 is 5.32 Å². The van der Waals surface area contributed by atoms with E-state index < -0.39 is 0 Å². The molecule has 12 heavy (non-hydrogen) atoms. The van der Waals surface area contributed by atoms with Crippen molar-refractivity contribution in [2.24, 2.45) is 0 Å². The lowest BCUT2D eigenvalue weighted by Crippen LogP contribution is -2.20. The third-order valence-electron chi connectivity index (χ3n) is 1.61. The summed E-state index contributed by atoms with van der Waals surface area (Å²) in [5, 5.41) is 3.35. The Morgan fingerprint density at radius 1 is 1.17 bits per heavy atom. The fraction of sp³-hybridized carbons (Fsp3) is 1.00. The van der Waals surface area contributed by atoms with Crippen LogP contribution in [0.4, 0.5) is 0 Å². The van der Waals surface area contributed by atoms with Gasteiger partial charge in [-0.3, -0.25) is 0 Å². The van der Waals surface area contributed by atoms with E-state index in [1.165, 1.54) is 23.7 Å². The van der Waals surface area contributed by atoms with Crippen molar-refractivity contribution in [3.05, 3.63) is 0 Å². The largest absolute Gasteiger partial charge is 0.380 e. The molecule has 0 saturated carbocycles. The zero-order valence-electron chi connectivity index (χ0n) is 7.94. The monoisotopic (exact) mass is 285 g/mol. The summed E-state index contributed by atoms with van der Waals surface area (Å²) in [7, 11) is 0. The summed E-state index contributed by atoms with van der Waals surface area (Å²) in [5.74, 6) is 0. The highest BCUT2D eigenvalue weighted by molar-refractivity contribution is 14.1. The molecule has 0 amide bonds. The first-order chi connectivity index (χ1) is 5.91. The lowest BCUT2D eigenvalue weighted by atomic mass is 10.2. The number of nitrogens with one attached hydrogen (secondary N) is 1. The van der Waals surface area contributed by atoms with Crippen LogP contribution in [-0.2, 0) is 4.74 Å². The SMILES string of the molecule is CCOCCNCCCCCI. The molecule has 0 fully saturated rings. The molecule has 0 rings (SSSR count). The third-order valence-corrected chi connectivity index (χ3v) is 2.38. The number of rotatable bonds is 9. The zero-order valence-corrected chi connectivity index (χ0v) is 10.1. The van der Waals surface area contributed by atoms with Crippen LogP contribution in [0.15, 0.2) is 0 Å². The predicted molar refractivity (Wildman–Crippen MR) is 62.1 cm³/mol. The average molecular weight is 285 g/mol. The van der Waals surface area contributed by atoms with Gasteiger partial charge in [0.2, 0.25) is 0 Å². The molecule has 0 radical (unpaired) electrons. The first-order valence-electron chi connectivity index (χ1n) is 4.76. The number of unbranched alkanes of at least 4 members (excludes halogenated alkanes) is 2. The summed E-state index contributed by atoms with van der Waals surface area (Å²) in [4.78, 5) is 0. The van der Waals surface area contributed by atoms with E-state index in [4.69, 9.17) is 4.74 Å². The van der Waals surface area contributed by atoms with Crippen LogP contribution in [0.2, 0.25) is 0 Å². The predicted octanol–water partition coefficient (Wildman–Crippen LogP) is 2.22. The quantitative estimate of drug-likeness (QED) is 0.398. The van der Waals surface area contributed by atoms with Crippen LogP contribution in [0.25, 0.3) is 0 Å². The van der Waals surface area contributed by atoms with E-state index in [-0.39, 0.29) is 0 Å². The van der Waals surface area contributed by atoms with Gasteiger partial charge in [0.25, 0.3) is 0 Å². The molecule has 0 unspecified atom stereocenters. The third kappa shape index (κ3) is 10.7. The van der Waals surface area contributed by atoms with Crippen LogP contribution in [0.3, 0.4) is 0 Å². The zero-order chi connectivity index (χ0) is 9.07. The second-order valence-electron chi connectivity index (χ2n) is 2.70. The van der Waals surface area contributed by atoms with Gasteiger partial charge in [-0.25, -0.2) is 0 Å². The molecule has 0 bridgehead atoms. The smallest absolute Gasteiger partial charge is 0.0590 e. The molecule has 0 aromatic rings. The van der Waals surface area contributed by atoms with Gasteiger partial charge in [0.15, 0.2) is 0 Å². The van der Waals surface area contributed by atoms with Crippen LogP contribution >= 0.6 is 22.6 Å². The highest BCUT2D eigenvalue weighted by Gasteiger charge is 1.88. The van der Waals surface area contributed by atoms with Gasteiger partial charge in [0.1, 0.15) is 0 Å². The van der Waals surface area contributed by atoms with E-state index >= 15 is 0 Å². The number of alkyl halides is 1. The molecule has 2 nitrogen and oxygen atoms in total. The van der Waals surface area contributed by atoms with Crippen LogP contribution in [-0.4, -0.2) is 30.7 Å². The van der Waals surface area contributed by atoms with E-state index in [0.29, 0.717) is 0 Å². The lowest BCUT2D eigenvalue weighted by Gasteiger charge is -2.03. The van der Waals surface area contributed by atoms with Crippen molar-refractivity contribution >= 4 is 22.6 Å². The molecule has 0 spiro atoms. The van der Waals surface area contributed by atoms with Gasteiger partial charge in [0, 0.05) is 13.2 Å². The number of hydrogen-bond acceptors (Lipinski definition) is 2. The van der Waals surface area contributed by atoms with E-state index in [0.717, 1.165) is 26.3 Å². The first kappa shape index (κ1) is 12.7. The molecule has 0 heterocycles. The summed E-state index contributed by atoms with van der Waals surface area (Å²) >= 11 is 2.43. The second-order valence-corrected chi connectivity index (χ2v) is 3.78. The van der Waals surface area contributed by atoms with Gasteiger partial charge in [0.05, 0.1) is 6.61 Å². The number of ether oxygens (including phenoxy) is 1. The van der Waals surface area contributed by atoms with Crippen molar-refractivity contribution in [2.75, 3.05) is 30.7 Å². The molecule has 0 saturated heterocycles. The minimum absolute atomic E-state index is 0.830. The molecule has 0 aliphatic carbocycles. The van der Waals surface area contributed by atoms with Gasteiger partial charge >= 0.3 is 0 Å². The molecule has 0 aromatic carbocycles. The fourth-order valence-corrected chi connectivity index (χ4v) is 1.47. The summed E-state index contributed by atoms with van der Waals surface area (Å²) in [6.45, 7) is 5.85. The Bertz CT molecular complexity index is 70.9. The molecule has 3 heteroatoms. The maximum atomic E-state index is 5.20. The standard InChI is InChI=1S/C9H20INO/c1-2-12-9-8-11-7-5-3-4-6-10/h11H,2-9H2,1H3. The maximum absolute atomic E-state index is 5.20. The first-order valence-corrected chi connectivity index (χ1v) is 6.28. The van der Waals surface area contributed by atoms with Gasteiger partial charge in [-0.05, 0) is 30.7 Å². The molecular weight excluding hydrogens is 265 g/mol. The highest BCUT2D eigenvalue weighted by Crippen LogP contribution is 1.97. The minimum atomic E-state index is 0.830. The summed E-state index contributed by atoms with van der Waals surface area (Å²) in [6, 6.07) is 0. The topological polar surface area (TPSA) is 21.3 Å². The van der Waals surface area contributed by atoms with Crippen molar-refractivity contribution in [3.8, 4) is 0 Å².